The number of nitrogens with zero attached hydrogens (tertiary/aromatic N) is 2. The zero-order valence-corrected chi connectivity index (χ0v) is 17.3. The Morgan fingerprint density at radius 3 is 2.47 bits per heavy atom. The summed E-state index contributed by atoms with van der Waals surface area (Å²) in [6.07, 6.45) is 0.120. The van der Waals surface area contributed by atoms with E-state index in [-0.39, 0.29) is 29.6 Å². The lowest BCUT2D eigenvalue weighted by Crippen LogP contribution is -2.64. The molecule has 1 heterocycles. The number of rotatable bonds is 6. The quantitative estimate of drug-likeness (QED) is 0.295. The van der Waals surface area contributed by atoms with Gasteiger partial charge in [0.05, 0.1) is 23.2 Å². The molecule has 0 bridgehead atoms. The molecule has 0 aromatic heterocycles. The van der Waals surface area contributed by atoms with E-state index in [9.17, 15) is 27.7 Å². The molecule has 0 saturated heterocycles. The van der Waals surface area contributed by atoms with Crippen LogP contribution in [0.4, 0.5) is 17.6 Å². The first-order valence-corrected chi connectivity index (χ1v) is 10.3. The SMILES string of the molecule is NCC1CCC(CC2(N)NC(=NCc3ccc(F)cc3C(F)(F)F)NC=C2[N+](=O)[O-])CC1. The van der Waals surface area contributed by atoms with Crippen LogP contribution >= 0.6 is 0 Å². The number of benzene rings is 1. The van der Waals surface area contributed by atoms with Gasteiger partial charge in [0, 0.05) is 0 Å². The Labute approximate surface area is 182 Å². The van der Waals surface area contributed by atoms with Gasteiger partial charge in [0.15, 0.2) is 11.6 Å². The minimum atomic E-state index is -4.75. The summed E-state index contributed by atoms with van der Waals surface area (Å²) in [5.41, 5.74) is 8.92. The molecule has 8 nitrogen and oxygen atoms in total. The Hall–Kier alpha value is -2.73. The van der Waals surface area contributed by atoms with E-state index in [4.69, 9.17) is 11.5 Å². The van der Waals surface area contributed by atoms with Crippen molar-refractivity contribution >= 4 is 5.96 Å². The van der Waals surface area contributed by atoms with Crippen molar-refractivity contribution < 1.29 is 22.5 Å². The Bertz CT molecular complexity index is 912. The molecular formula is C20H26F4N6O2. The van der Waals surface area contributed by atoms with Crippen molar-refractivity contribution in [2.75, 3.05) is 6.54 Å². The number of nitrogens with two attached hydrogens (primary N) is 2. The average molecular weight is 458 g/mol. The van der Waals surface area contributed by atoms with E-state index in [1.807, 2.05) is 0 Å². The van der Waals surface area contributed by atoms with E-state index >= 15 is 0 Å². The van der Waals surface area contributed by atoms with Crippen LogP contribution in [0.1, 0.15) is 43.2 Å². The van der Waals surface area contributed by atoms with Crippen molar-refractivity contribution in [2.45, 2.75) is 50.5 Å². The molecule has 2 aliphatic rings. The van der Waals surface area contributed by atoms with Gasteiger partial charge in [0.2, 0.25) is 0 Å². The van der Waals surface area contributed by atoms with Crippen molar-refractivity contribution in [3.05, 3.63) is 57.2 Å². The Morgan fingerprint density at radius 2 is 1.88 bits per heavy atom. The first kappa shape index (κ1) is 23.9. The lowest BCUT2D eigenvalue weighted by atomic mass is 9.77. The van der Waals surface area contributed by atoms with Gasteiger partial charge in [-0.15, -0.1) is 0 Å². The van der Waals surface area contributed by atoms with Gasteiger partial charge >= 0.3 is 11.9 Å². The van der Waals surface area contributed by atoms with E-state index in [0.29, 0.717) is 18.5 Å². The van der Waals surface area contributed by atoms with E-state index in [1.165, 1.54) is 0 Å². The Kier molecular flexibility index (Phi) is 7.03. The van der Waals surface area contributed by atoms with E-state index in [2.05, 4.69) is 15.6 Å². The highest BCUT2D eigenvalue weighted by atomic mass is 19.4. The van der Waals surface area contributed by atoms with Gasteiger partial charge in [0.1, 0.15) is 5.82 Å². The molecule has 1 aromatic rings. The molecule has 1 aromatic carbocycles. The van der Waals surface area contributed by atoms with Gasteiger partial charge in [-0.2, -0.15) is 13.2 Å². The maximum absolute atomic E-state index is 13.3. The van der Waals surface area contributed by atoms with Crippen molar-refractivity contribution in [1.29, 1.82) is 0 Å². The van der Waals surface area contributed by atoms with Gasteiger partial charge in [-0.25, -0.2) is 9.38 Å². The predicted molar refractivity (Wildman–Crippen MR) is 110 cm³/mol. The Morgan fingerprint density at radius 1 is 1.22 bits per heavy atom. The number of alkyl halides is 3. The molecular weight excluding hydrogens is 432 g/mol. The van der Waals surface area contributed by atoms with Crippen LogP contribution in [0.3, 0.4) is 0 Å². The van der Waals surface area contributed by atoms with Gasteiger partial charge < -0.3 is 16.4 Å². The molecule has 1 aliphatic carbocycles. The summed E-state index contributed by atoms with van der Waals surface area (Å²) in [6.45, 7) is 0.173. The van der Waals surface area contributed by atoms with Crippen molar-refractivity contribution in [3.63, 3.8) is 0 Å². The van der Waals surface area contributed by atoms with Gasteiger partial charge in [-0.3, -0.25) is 15.8 Å². The van der Waals surface area contributed by atoms with Crippen molar-refractivity contribution in [3.8, 4) is 0 Å². The first-order valence-electron chi connectivity index (χ1n) is 10.3. The first-order chi connectivity index (χ1) is 15.0. The van der Waals surface area contributed by atoms with Gasteiger partial charge in [0.25, 0.3) is 0 Å². The van der Waals surface area contributed by atoms with E-state index < -0.39 is 34.7 Å². The lowest BCUT2D eigenvalue weighted by molar-refractivity contribution is -0.437. The summed E-state index contributed by atoms with van der Waals surface area (Å²) in [4.78, 5) is 15.0. The smallest absolute Gasteiger partial charge is 0.330 e. The topological polar surface area (TPSA) is 132 Å². The monoisotopic (exact) mass is 458 g/mol. The molecule has 12 heteroatoms. The molecule has 1 fully saturated rings. The fourth-order valence-electron chi connectivity index (χ4n) is 4.27. The fourth-order valence-corrected chi connectivity index (χ4v) is 4.27. The van der Waals surface area contributed by atoms with Crippen LogP contribution in [0.5, 0.6) is 0 Å². The van der Waals surface area contributed by atoms with Crippen LogP contribution in [0.15, 0.2) is 35.1 Å². The number of nitro groups is 1. The molecule has 3 rings (SSSR count). The second-order valence-corrected chi connectivity index (χ2v) is 8.32. The molecule has 0 amide bonds. The number of halogens is 4. The van der Waals surface area contributed by atoms with Gasteiger partial charge in [-0.1, -0.05) is 6.07 Å². The lowest BCUT2D eigenvalue weighted by Gasteiger charge is -2.37. The van der Waals surface area contributed by atoms with Crippen LogP contribution in [-0.2, 0) is 12.7 Å². The molecule has 176 valence electrons. The number of hydrogen-bond acceptors (Lipinski definition) is 5. The normalized spacial score (nSPS) is 27.4. The standard InChI is InChI=1S/C20H26F4N6O2/c21-15-6-5-14(16(7-15)20(22,23)24)10-27-18-28-11-17(30(31)32)19(26,29-18)8-12-1-3-13(9-25)4-2-12/h5-7,11-13H,1-4,8-10,25-26H2,(H2,27,28,29). The molecule has 1 unspecified atom stereocenters. The third-order valence-electron chi connectivity index (χ3n) is 6.04. The largest absolute Gasteiger partial charge is 0.416 e. The Balaban J connectivity index is 1.79. The molecule has 32 heavy (non-hydrogen) atoms. The third-order valence-corrected chi connectivity index (χ3v) is 6.04. The third kappa shape index (κ3) is 5.54. The zero-order valence-electron chi connectivity index (χ0n) is 17.3. The zero-order chi connectivity index (χ0) is 23.5. The van der Waals surface area contributed by atoms with E-state index in [0.717, 1.165) is 44.0 Å². The predicted octanol–water partition coefficient (Wildman–Crippen LogP) is 2.82. The molecule has 0 radical (unpaired) electrons. The van der Waals surface area contributed by atoms with E-state index in [1.54, 1.807) is 0 Å². The van der Waals surface area contributed by atoms with Gasteiger partial charge in [-0.05, 0) is 68.2 Å². The van der Waals surface area contributed by atoms with Crippen molar-refractivity contribution in [2.24, 2.45) is 28.3 Å². The fraction of sp³-hybridized carbons (Fsp3) is 0.550. The number of hydrogen-bond donors (Lipinski definition) is 4. The second kappa shape index (κ2) is 9.41. The molecule has 0 spiro atoms. The highest BCUT2D eigenvalue weighted by molar-refractivity contribution is 5.83. The highest BCUT2D eigenvalue weighted by Gasteiger charge is 2.44. The highest BCUT2D eigenvalue weighted by Crippen LogP contribution is 2.35. The summed E-state index contributed by atoms with van der Waals surface area (Å²) in [5, 5.41) is 16.9. The van der Waals surface area contributed by atoms with Crippen LogP contribution in [-0.4, -0.2) is 23.1 Å². The molecule has 6 N–H and O–H groups in total. The minimum absolute atomic E-state index is 0.00573. The summed E-state index contributed by atoms with van der Waals surface area (Å²) in [5.74, 6) is -0.438. The summed E-state index contributed by atoms with van der Waals surface area (Å²) in [7, 11) is 0. The van der Waals surface area contributed by atoms with Crippen molar-refractivity contribution in [1.82, 2.24) is 10.6 Å². The molecule has 1 aliphatic heterocycles. The summed E-state index contributed by atoms with van der Waals surface area (Å²) in [6, 6.07) is 2.34. The maximum atomic E-state index is 13.3. The number of aliphatic imine (C=N–C) groups is 1. The maximum Gasteiger partial charge on any atom is 0.416 e. The van der Waals surface area contributed by atoms with Crippen LogP contribution in [0.2, 0.25) is 0 Å². The number of guanidine groups is 1. The second-order valence-electron chi connectivity index (χ2n) is 8.32. The summed E-state index contributed by atoms with van der Waals surface area (Å²) >= 11 is 0. The average Bonchev–Trinajstić information content (AvgIpc) is 2.72. The molecule has 1 saturated carbocycles. The van der Waals surface area contributed by atoms with Crippen LogP contribution < -0.4 is 22.1 Å². The number of nitrogens with one attached hydrogen (secondary N) is 2. The summed E-state index contributed by atoms with van der Waals surface area (Å²) < 4.78 is 52.9. The minimum Gasteiger partial charge on any atom is -0.330 e. The van der Waals surface area contributed by atoms with Crippen LogP contribution in [0.25, 0.3) is 0 Å². The molecule has 1 atom stereocenters. The van der Waals surface area contributed by atoms with Crippen LogP contribution in [0, 0.1) is 27.8 Å².